The Morgan fingerprint density at radius 3 is 2.80 bits per heavy atom. The van der Waals surface area contributed by atoms with Crippen LogP contribution in [-0.4, -0.2) is 20.4 Å². The molecular formula is C16H21NOS2. The van der Waals surface area contributed by atoms with Crippen molar-refractivity contribution in [3.63, 3.8) is 0 Å². The summed E-state index contributed by atoms with van der Waals surface area (Å²) in [7, 11) is -1.22. The van der Waals surface area contributed by atoms with Gasteiger partial charge in [-0.05, 0) is 33.3 Å². The SMILES string of the molecule is C=CC[C@@H]1CSc2ccccc2/C1=N/S(=O)C(C)(C)C. The van der Waals surface area contributed by atoms with E-state index in [9.17, 15) is 4.21 Å². The first-order valence-corrected chi connectivity index (χ1v) is 8.86. The molecule has 0 aromatic heterocycles. The quantitative estimate of drug-likeness (QED) is 0.782. The van der Waals surface area contributed by atoms with Crippen LogP contribution in [0.15, 0.2) is 46.2 Å². The molecule has 4 heteroatoms. The first kappa shape index (κ1) is 15.5. The van der Waals surface area contributed by atoms with Crippen molar-refractivity contribution in [1.82, 2.24) is 0 Å². The molecule has 1 aliphatic rings. The number of benzene rings is 1. The Bertz CT molecular complexity index is 558. The zero-order valence-electron chi connectivity index (χ0n) is 12.3. The minimum atomic E-state index is -1.22. The van der Waals surface area contributed by atoms with Gasteiger partial charge >= 0.3 is 0 Å². The highest BCUT2D eigenvalue weighted by atomic mass is 32.2. The normalized spacial score (nSPS) is 22.4. The maximum absolute atomic E-state index is 12.4. The van der Waals surface area contributed by atoms with Gasteiger partial charge in [-0.3, -0.25) is 0 Å². The second-order valence-electron chi connectivity index (χ2n) is 5.87. The van der Waals surface area contributed by atoms with E-state index >= 15 is 0 Å². The van der Waals surface area contributed by atoms with Crippen LogP contribution in [0.25, 0.3) is 0 Å². The molecule has 0 saturated heterocycles. The Labute approximate surface area is 128 Å². The van der Waals surface area contributed by atoms with Gasteiger partial charge in [0.2, 0.25) is 0 Å². The molecule has 20 heavy (non-hydrogen) atoms. The van der Waals surface area contributed by atoms with Gasteiger partial charge in [0.15, 0.2) is 0 Å². The predicted octanol–water partition coefficient (Wildman–Crippen LogP) is 4.24. The summed E-state index contributed by atoms with van der Waals surface area (Å²) in [5.41, 5.74) is 2.11. The van der Waals surface area contributed by atoms with Crippen molar-refractivity contribution in [1.29, 1.82) is 0 Å². The molecular weight excluding hydrogens is 286 g/mol. The molecule has 1 unspecified atom stereocenters. The van der Waals surface area contributed by atoms with Gasteiger partial charge in [0.1, 0.15) is 11.0 Å². The first-order valence-electron chi connectivity index (χ1n) is 6.77. The molecule has 1 heterocycles. The molecule has 0 spiro atoms. The second-order valence-corrected chi connectivity index (χ2v) is 8.83. The summed E-state index contributed by atoms with van der Waals surface area (Å²) in [6.07, 6.45) is 2.80. The highest BCUT2D eigenvalue weighted by Crippen LogP contribution is 2.35. The zero-order chi connectivity index (χ0) is 14.8. The van der Waals surface area contributed by atoms with Gasteiger partial charge in [-0.25, -0.2) is 4.21 Å². The molecule has 0 N–H and O–H groups in total. The molecule has 2 atom stereocenters. The summed E-state index contributed by atoms with van der Waals surface area (Å²) < 4.78 is 16.6. The van der Waals surface area contributed by atoms with Crippen LogP contribution >= 0.6 is 11.8 Å². The monoisotopic (exact) mass is 307 g/mol. The van der Waals surface area contributed by atoms with Gasteiger partial charge in [0, 0.05) is 22.1 Å². The van der Waals surface area contributed by atoms with Crippen LogP contribution in [0, 0.1) is 5.92 Å². The van der Waals surface area contributed by atoms with Gasteiger partial charge in [0.25, 0.3) is 0 Å². The number of hydrogen-bond acceptors (Lipinski definition) is 2. The van der Waals surface area contributed by atoms with Gasteiger partial charge in [-0.1, -0.05) is 24.3 Å². The van der Waals surface area contributed by atoms with Crippen molar-refractivity contribution >= 4 is 28.5 Å². The van der Waals surface area contributed by atoms with Gasteiger partial charge in [0.05, 0.1) is 10.5 Å². The minimum Gasteiger partial charge on any atom is -0.234 e. The fraction of sp³-hybridized carbons (Fsp3) is 0.438. The van der Waals surface area contributed by atoms with E-state index in [1.807, 2.05) is 50.7 Å². The molecule has 108 valence electrons. The fourth-order valence-electron chi connectivity index (χ4n) is 2.02. The fourth-order valence-corrected chi connectivity index (χ4v) is 3.90. The Morgan fingerprint density at radius 1 is 1.45 bits per heavy atom. The van der Waals surface area contributed by atoms with Gasteiger partial charge < -0.3 is 0 Å². The molecule has 0 amide bonds. The second kappa shape index (κ2) is 6.27. The lowest BCUT2D eigenvalue weighted by atomic mass is 9.95. The molecule has 0 aliphatic carbocycles. The first-order chi connectivity index (χ1) is 9.43. The number of hydrogen-bond donors (Lipinski definition) is 0. The Balaban J connectivity index is 2.46. The van der Waals surface area contributed by atoms with Crippen molar-refractivity contribution in [3.05, 3.63) is 42.5 Å². The molecule has 1 aromatic carbocycles. The zero-order valence-corrected chi connectivity index (χ0v) is 13.9. The van der Waals surface area contributed by atoms with Crippen LogP contribution in [0.5, 0.6) is 0 Å². The third-order valence-corrected chi connectivity index (χ3v) is 5.79. The predicted molar refractivity (Wildman–Crippen MR) is 89.9 cm³/mol. The number of rotatable bonds is 3. The lowest BCUT2D eigenvalue weighted by Gasteiger charge is -2.26. The maximum Gasteiger partial charge on any atom is 0.145 e. The molecule has 0 fully saturated rings. The van der Waals surface area contributed by atoms with Crippen molar-refractivity contribution in [3.8, 4) is 0 Å². The van der Waals surface area contributed by atoms with E-state index in [0.717, 1.165) is 23.4 Å². The van der Waals surface area contributed by atoms with Crippen LogP contribution in [0.3, 0.4) is 0 Å². The lowest BCUT2D eigenvalue weighted by Crippen LogP contribution is -2.27. The van der Waals surface area contributed by atoms with Crippen molar-refractivity contribution in [2.45, 2.75) is 36.8 Å². The van der Waals surface area contributed by atoms with E-state index < -0.39 is 11.0 Å². The van der Waals surface area contributed by atoms with Crippen molar-refractivity contribution in [2.24, 2.45) is 10.3 Å². The van der Waals surface area contributed by atoms with Crippen LogP contribution in [-0.2, 0) is 11.0 Å². The van der Waals surface area contributed by atoms with Gasteiger partial charge in [-0.15, -0.1) is 18.3 Å². The van der Waals surface area contributed by atoms with Crippen molar-refractivity contribution < 1.29 is 4.21 Å². The topological polar surface area (TPSA) is 29.4 Å². The molecule has 0 bridgehead atoms. The highest BCUT2D eigenvalue weighted by molar-refractivity contribution is 7.99. The van der Waals surface area contributed by atoms with E-state index in [4.69, 9.17) is 0 Å². The van der Waals surface area contributed by atoms with Crippen LogP contribution in [0.2, 0.25) is 0 Å². The van der Waals surface area contributed by atoms with E-state index in [-0.39, 0.29) is 4.75 Å². The van der Waals surface area contributed by atoms with Crippen LogP contribution in [0.1, 0.15) is 32.8 Å². The number of nitrogens with zero attached hydrogens (tertiary/aromatic N) is 1. The molecule has 1 aliphatic heterocycles. The maximum atomic E-state index is 12.4. The standard InChI is InChI=1S/C16H21NOS2/c1-5-8-12-11-19-14-10-7-6-9-13(14)15(12)17-20(18)16(2,3)4/h5-7,9-10,12H,1,8,11H2,2-4H3/b17-15+/t12-,20?/m1/s1. The summed E-state index contributed by atoms with van der Waals surface area (Å²) in [6.45, 7) is 9.71. The average Bonchev–Trinajstić information content (AvgIpc) is 2.40. The summed E-state index contributed by atoms with van der Waals surface area (Å²) >= 11 is 1.85. The number of allylic oxidation sites excluding steroid dienone is 1. The van der Waals surface area contributed by atoms with E-state index in [2.05, 4.69) is 23.1 Å². The van der Waals surface area contributed by atoms with E-state index in [0.29, 0.717) is 5.92 Å². The molecule has 2 nitrogen and oxygen atoms in total. The number of thioether (sulfide) groups is 1. The smallest absolute Gasteiger partial charge is 0.145 e. The summed E-state index contributed by atoms with van der Waals surface area (Å²) in [4.78, 5) is 1.23. The molecule has 0 saturated carbocycles. The highest BCUT2D eigenvalue weighted by Gasteiger charge is 2.28. The Hall–Kier alpha value is -0.870. The lowest BCUT2D eigenvalue weighted by molar-refractivity contribution is 0.650. The summed E-state index contributed by atoms with van der Waals surface area (Å²) in [6, 6.07) is 8.25. The molecule has 1 aromatic rings. The van der Waals surface area contributed by atoms with Crippen LogP contribution < -0.4 is 0 Å². The number of fused-ring (bicyclic) bond motifs is 1. The summed E-state index contributed by atoms with van der Waals surface area (Å²) in [5, 5.41) is 0. The van der Waals surface area contributed by atoms with E-state index in [1.165, 1.54) is 4.90 Å². The summed E-state index contributed by atoms with van der Waals surface area (Å²) in [5.74, 6) is 1.28. The third-order valence-electron chi connectivity index (χ3n) is 3.15. The Kier molecular flexibility index (Phi) is 4.86. The minimum absolute atomic E-state index is 0.304. The van der Waals surface area contributed by atoms with E-state index in [1.54, 1.807) is 0 Å². The van der Waals surface area contributed by atoms with Crippen molar-refractivity contribution in [2.75, 3.05) is 5.75 Å². The Morgan fingerprint density at radius 2 is 2.15 bits per heavy atom. The third kappa shape index (κ3) is 3.41. The molecule has 2 rings (SSSR count). The average molecular weight is 307 g/mol. The molecule has 0 radical (unpaired) electrons. The van der Waals surface area contributed by atoms with Gasteiger partial charge in [-0.2, -0.15) is 4.40 Å². The van der Waals surface area contributed by atoms with Crippen LogP contribution in [0.4, 0.5) is 0 Å². The largest absolute Gasteiger partial charge is 0.234 e.